The van der Waals surface area contributed by atoms with Gasteiger partial charge in [0.05, 0.1) is 5.54 Å². The molecule has 0 amide bonds. The average Bonchev–Trinajstić information content (AvgIpc) is 3.60. The maximum atomic E-state index is 3.16. The molecule has 7 aliphatic rings. The van der Waals surface area contributed by atoms with Crippen LogP contribution in [-0.2, 0) is 27.1 Å². The molecule has 5 aromatic rings. The van der Waals surface area contributed by atoms with Crippen molar-refractivity contribution in [3.05, 3.63) is 100 Å². The van der Waals surface area contributed by atoms with Crippen LogP contribution in [0.2, 0.25) is 0 Å². The number of hydrogen-bond donors (Lipinski definition) is 0. The molecular weight excluding hydrogens is 784 g/mol. The van der Waals surface area contributed by atoms with Crippen LogP contribution < -0.4 is 20.6 Å². The van der Waals surface area contributed by atoms with E-state index in [4.69, 9.17) is 0 Å². The van der Waals surface area contributed by atoms with Gasteiger partial charge in [0, 0.05) is 50.4 Å². The van der Waals surface area contributed by atoms with Crippen LogP contribution in [0, 0.1) is 17.3 Å². The van der Waals surface area contributed by atoms with Crippen molar-refractivity contribution in [2.45, 2.75) is 200 Å². The minimum Gasteiger partial charge on any atom is -0.403 e. The molecule has 2 fully saturated rings. The molecule has 3 heterocycles. The highest BCUT2D eigenvalue weighted by atomic mass is 15.3. The molecule has 0 bridgehead atoms. The Bertz CT molecular complexity index is 2890. The first-order chi connectivity index (χ1) is 30.4. The Balaban J connectivity index is 1.24. The van der Waals surface area contributed by atoms with E-state index in [2.05, 4.69) is 180 Å². The van der Waals surface area contributed by atoms with Crippen molar-refractivity contribution in [1.29, 1.82) is 0 Å². The Morgan fingerprint density at radius 2 is 1.31 bits per heavy atom. The Hall–Kier alpha value is -3.98. The molecule has 0 saturated heterocycles. The zero-order valence-corrected chi connectivity index (χ0v) is 42.9. The minimum atomic E-state index is -0.113. The van der Waals surface area contributed by atoms with Crippen LogP contribution in [0.3, 0.4) is 0 Å². The van der Waals surface area contributed by atoms with Gasteiger partial charge in [-0.25, -0.2) is 0 Å². The van der Waals surface area contributed by atoms with E-state index in [1.165, 1.54) is 119 Å². The summed E-state index contributed by atoms with van der Waals surface area (Å²) in [6, 6.07) is 28.6. The molecule has 5 unspecified atom stereocenters. The van der Waals surface area contributed by atoms with Crippen LogP contribution in [-0.4, -0.2) is 18.4 Å². The van der Waals surface area contributed by atoms with E-state index >= 15 is 0 Å². The highest BCUT2D eigenvalue weighted by molar-refractivity contribution is 6.93. The van der Waals surface area contributed by atoms with Crippen molar-refractivity contribution in [1.82, 2.24) is 0 Å². The summed E-state index contributed by atoms with van der Waals surface area (Å²) in [6.07, 6.45) is 11.3. The van der Waals surface area contributed by atoms with Crippen molar-refractivity contribution in [2.24, 2.45) is 17.3 Å². The highest BCUT2D eigenvalue weighted by Gasteiger charge is 2.63. The van der Waals surface area contributed by atoms with Crippen molar-refractivity contribution in [2.75, 3.05) is 9.71 Å². The van der Waals surface area contributed by atoms with Gasteiger partial charge in [-0.2, -0.15) is 0 Å². The van der Waals surface area contributed by atoms with E-state index in [1.54, 1.807) is 33.3 Å². The largest absolute Gasteiger partial charge is 0.403 e. The third-order valence-electron chi connectivity index (χ3n) is 20.3. The van der Waals surface area contributed by atoms with Crippen molar-refractivity contribution < 1.29 is 0 Å². The second kappa shape index (κ2) is 13.0. The molecule has 2 saturated carbocycles. The summed E-state index contributed by atoms with van der Waals surface area (Å²) < 4.78 is 0. The summed E-state index contributed by atoms with van der Waals surface area (Å²) in [5.74, 6) is 1.27. The van der Waals surface area contributed by atoms with E-state index in [1.807, 2.05) is 0 Å². The summed E-state index contributed by atoms with van der Waals surface area (Å²) >= 11 is 0. The molecule has 338 valence electrons. The number of anilines is 3. The lowest BCUT2D eigenvalue weighted by atomic mass is 9.42. The fraction of sp³-hybridized carbons (Fsp3) is 0.548. The predicted octanol–water partition coefficient (Wildman–Crippen LogP) is 15.3. The Morgan fingerprint density at radius 3 is 2.00 bits per heavy atom. The highest BCUT2D eigenvalue weighted by Crippen LogP contribution is 2.65. The molecule has 12 rings (SSSR count). The molecule has 0 aromatic heterocycles. The number of benzene rings is 5. The third-order valence-corrected chi connectivity index (χ3v) is 20.3. The molecule has 65 heavy (non-hydrogen) atoms. The maximum Gasteiger partial charge on any atom is 0.328 e. The average molecular weight is 861 g/mol. The number of nitrogens with zero attached hydrogens (tertiary/aromatic N) is 2. The Morgan fingerprint density at radius 1 is 0.615 bits per heavy atom. The van der Waals surface area contributed by atoms with E-state index in [-0.39, 0.29) is 39.5 Å². The Kier molecular flexibility index (Phi) is 8.45. The number of hydrogen-bond acceptors (Lipinski definition) is 2. The summed E-state index contributed by atoms with van der Waals surface area (Å²) in [5, 5.41) is 2.81. The maximum absolute atomic E-state index is 3.16. The predicted molar refractivity (Wildman–Crippen MR) is 281 cm³/mol. The van der Waals surface area contributed by atoms with Crippen LogP contribution in [0.1, 0.15) is 195 Å². The van der Waals surface area contributed by atoms with Gasteiger partial charge >= 0.3 is 6.85 Å². The Labute approximate surface area is 393 Å². The first kappa shape index (κ1) is 42.4. The zero-order chi connectivity index (χ0) is 45.9. The fourth-order valence-corrected chi connectivity index (χ4v) is 15.8. The molecule has 4 aliphatic carbocycles. The van der Waals surface area contributed by atoms with Gasteiger partial charge in [0.1, 0.15) is 0 Å². The van der Waals surface area contributed by atoms with Crippen molar-refractivity contribution in [3.8, 4) is 22.3 Å². The monoisotopic (exact) mass is 861 g/mol. The molecule has 0 spiro atoms. The molecule has 5 atom stereocenters. The third kappa shape index (κ3) is 5.37. The number of fused-ring (bicyclic) bond motifs is 14. The van der Waals surface area contributed by atoms with E-state index < -0.39 is 0 Å². The molecule has 0 N–H and O–H groups in total. The quantitative estimate of drug-likeness (QED) is 0.155. The second-order valence-electron chi connectivity index (χ2n) is 27.2. The van der Waals surface area contributed by atoms with Crippen LogP contribution in [0.25, 0.3) is 33.0 Å². The lowest BCUT2D eigenvalue weighted by Gasteiger charge is -2.55. The van der Waals surface area contributed by atoms with E-state index in [0.29, 0.717) is 17.4 Å². The smallest absolute Gasteiger partial charge is 0.328 e. The van der Waals surface area contributed by atoms with Crippen LogP contribution in [0.15, 0.2) is 66.7 Å². The normalized spacial score (nSPS) is 28.5. The summed E-state index contributed by atoms with van der Waals surface area (Å²) in [5.41, 5.74) is 23.6. The van der Waals surface area contributed by atoms with Gasteiger partial charge in [0.25, 0.3) is 0 Å². The molecule has 3 aliphatic heterocycles. The second-order valence-corrected chi connectivity index (χ2v) is 27.2. The summed E-state index contributed by atoms with van der Waals surface area (Å²) in [4.78, 5) is 6.15. The number of rotatable bonds is 1. The topological polar surface area (TPSA) is 6.48 Å². The molecule has 2 nitrogen and oxygen atoms in total. The van der Waals surface area contributed by atoms with E-state index in [9.17, 15) is 0 Å². The minimum absolute atomic E-state index is 0.0201. The van der Waals surface area contributed by atoms with Crippen LogP contribution in [0.4, 0.5) is 17.1 Å². The van der Waals surface area contributed by atoms with Crippen LogP contribution >= 0.6 is 0 Å². The van der Waals surface area contributed by atoms with Crippen LogP contribution in [0.5, 0.6) is 0 Å². The molecule has 0 radical (unpaired) electrons. The van der Waals surface area contributed by atoms with Gasteiger partial charge in [0.15, 0.2) is 0 Å². The lowest BCUT2D eigenvalue weighted by Crippen LogP contribution is -2.69. The van der Waals surface area contributed by atoms with E-state index in [0.717, 1.165) is 5.92 Å². The van der Waals surface area contributed by atoms with Crippen molar-refractivity contribution in [3.63, 3.8) is 0 Å². The van der Waals surface area contributed by atoms with Gasteiger partial charge in [-0.1, -0.05) is 164 Å². The van der Waals surface area contributed by atoms with Crippen molar-refractivity contribution >= 4 is 45.6 Å². The molecule has 3 heteroatoms. The lowest BCUT2D eigenvalue weighted by molar-refractivity contribution is 0.135. The van der Waals surface area contributed by atoms with Gasteiger partial charge in [-0.15, -0.1) is 0 Å². The first-order valence-electron chi connectivity index (χ1n) is 26.1. The standard InChI is InChI=1S/C62H77BN2/c1-36-30-38(56(2,3)4)22-25-50(36)65-53-41(23-24-44-51(53)43-34-46-47(35-45(43)60(44,12)13)59(10,11)29-28-58(46,8)9)42-31-37-20-16-17-21-40(37)54-52(42)63(65)49-33-39(57(5,6)7)32-48-55(49)64(54)62(15)27-19-18-26-61(48,62)14/h16-17,20-21,23-24,31-36,38,50H,18-19,22,25-30H2,1-15H3. The fourth-order valence-electron chi connectivity index (χ4n) is 15.8. The van der Waals surface area contributed by atoms with Gasteiger partial charge in [0.2, 0.25) is 0 Å². The SMILES string of the molecule is CC1CC(C(C)(C)C)CCC1N1B2c3cc(C(C)(C)C)cc4c3N(c3c2c(cc2ccccc32)-c2ccc3c(c21)-c1cc2c(cc1C3(C)C)C(C)(C)CCC2(C)C)C1(C)CCCCC41C. The van der Waals surface area contributed by atoms with Gasteiger partial charge in [-0.05, 0) is 158 Å². The van der Waals surface area contributed by atoms with Gasteiger partial charge in [-0.3, -0.25) is 0 Å². The summed E-state index contributed by atoms with van der Waals surface area (Å²) in [6.45, 7) is 38.1. The molecule has 5 aromatic carbocycles. The molecular formula is C62H77BN2. The first-order valence-corrected chi connectivity index (χ1v) is 26.1. The summed E-state index contributed by atoms with van der Waals surface area (Å²) in [7, 11) is 0. The van der Waals surface area contributed by atoms with Gasteiger partial charge < -0.3 is 9.71 Å². The zero-order valence-electron chi connectivity index (χ0n) is 42.9.